The first-order valence-corrected chi connectivity index (χ1v) is 19.4. The topological polar surface area (TPSA) is 96.0 Å². The van der Waals surface area contributed by atoms with Crippen LogP contribution in [-0.2, 0) is 32.6 Å². The number of halogens is 1. The maximum atomic E-state index is 14.7. The number of nitrogens with zero attached hydrogens (tertiary/aromatic N) is 2. The van der Waals surface area contributed by atoms with Gasteiger partial charge in [-0.3, -0.25) is 13.9 Å². The number of carbonyl (C=O) groups excluding carboxylic acids is 2. The highest BCUT2D eigenvalue weighted by Crippen LogP contribution is 2.33. The number of carbonyl (C=O) groups is 2. The van der Waals surface area contributed by atoms with E-state index in [1.165, 1.54) is 16.7 Å². The summed E-state index contributed by atoms with van der Waals surface area (Å²) in [5.41, 5.74) is 1.90. The van der Waals surface area contributed by atoms with Crippen molar-refractivity contribution < 1.29 is 22.7 Å². The molecule has 4 aromatic rings. The van der Waals surface area contributed by atoms with Crippen LogP contribution < -0.4 is 14.4 Å². The van der Waals surface area contributed by atoms with Crippen LogP contribution in [0.15, 0.2) is 117 Å². The van der Waals surface area contributed by atoms with Gasteiger partial charge in [-0.25, -0.2) is 8.42 Å². The fourth-order valence-electron chi connectivity index (χ4n) is 5.18. The standard InChI is InChI=1S/C37H42BrN3O5S2/c1-4-6-24-39-37(43)34(25-28-12-8-7-9-13-28)40(26-29-16-18-30(38)19-17-29)36(42)27-41(33-14-10-11-15-35(33)46-5-2)48(44,45)32-22-20-31(47-3)21-23-32/h7-23,34H,4-6,24-27H2,1-3H3,(H,39,43)/t34-/m1/s1. The molecule has 48 heavy (non-hydrogen) atoms. The van der Waals surface area contributed by atoms with Crippen LogP contribution in [0, 0.1) is 0 Å². The number of rotatable bonds is 17. The highest BCUT2D eigenvalue weighted by atomic mass is 79.9. The largest absolute Gasteiger partial charge is 0.492 e. The second-order valence-corrected chi connectivity index (χ2v) is 14.7. The van der Waals surface area contributed by atoms with Gasteiger partial charge in [-0.1, -0.05) is 83.9 Å². The van der Waals surface area contributed by atoms with Crippen molar-refractivity contribution in [3.8, 4) is 5.75 Å². The van der Waals surface area contributed by atoms with Gasteiger partial charge in [0, 0.05) is 28.9 Å². The summed E-state index contributed by atoms with van der Waals surface area (Å²) in [5, 5.41) is 3.02. The third-order valence-electron chi connectivity index (χ3n) is 7.73. The molecule has 0 saturated heterocycles. The van der Waals surface area contributed by atoms with E-state index in [9.17, 15) is 18.0 Å². The molecule has 0 fully saturated rings. The average molecular weight is 753 g/mol. The Morgan fingerprint density at radius 3 is 2.19 bits per heavy atom. The number of anilines is 1. The van der Waals surface area contributed by atoms with E-state index in [1.807, 2.05) is 74.7 Å². The molecular formula is C37H42BrN3O5S2. The maximum absolute atomic E-state index is 14.7. The first-order chi connectivity index (χ1) is 23.2. The summed E-state index contributed by atoms with van der Waals surface area (Å²) in [6.07, 6.45) is 3.85. The molecular weight excluding hydrogens is 710 g/mol. The van der Waals surface area contributed by atoms with Crippen molar-refractivity contribution in [2.24, 2.45) is 0 Å². The molecule has 0 aliphatic carbocycles. The van der Waals surface area contributed by atoms with Crippen molar-refractivity contribution in [1.82, 2.24) is 10.2 Å². The lowest BCUT2D eigenvalue weighted by Crippen LogP contribution is -2.53. The van der Waals surface area contributed by atoms with Crippen molar-refractivity contribution in [3.05, 3.63) is 119 Å². The Kier molecular flexibility index (Phi) is 14.0. The molecule has 8 nitrogen and oxygen atoms in total. The summed E-state index contributed by atoms with van der Waals surface area (Å²) in [6.45, 7) is 4.16. The lowest BCUT2D eigenvalue weighted by Gasteiger charge is -2.34. The molecule has 0 unspecified atom stereocenters. The Bertz CT molecular complexity index is 1740. The first-order valence-electron chi connectivity index (χ1n) is 15.9. The van der Waals surface area contributed by atoms with Gasteiger partial charge in [0.25, 0.3) is 10.0 Å². The van der Waals surface area contributed by atoms with E-state index < -0.39 is 28.5 Å². The lowest BCUT2D eigenvalue weighted by atomic mass is 10.0. The van der Waals surface area contributed by atoms with Crippen molar-refractivity contribution in [2.75, 3.05) is 30.3 Å². The number of ether oxygens (including phenoxy) is 1. The Balaban J connectivity index is 1.82. The fraction of sp³-hybridized carbons (Fsp3) is 0.297. The van der Waals surface area contributed by atoms with E-state index in [-0.39, 0.29) is 29.5 Å². The normalized spacial score (nSPS) is 11.8. The number of thioether (sulfide) groups is 1. The van der Waals surface area contributed by atoms with E-state index in [0.29, 0.717) is 18.9 Å². The van der Waals surface area contributed by atoms with Gasteiger partial charge < -0.3 is 15.0 Å². The zero-order chi connectivity index (χ0) is 34.5. The van der Waals surface area contributed by atoms with E-state index in [2.05, 4.69) is 21.2 Å². The van der Waals surface area contributed by atoms with Gasteiger partial charge in [0.1, 0.15) is 18.3 Å². The molecule has 0 aliphatic heterocycles. The second kappa shape index (κ2) is 18.1. The van der Waals surface area contributed by atoms with Crippen molar-refractivity contribution in [3.63, 3.8) is 0 Å². The van der Waals surface area contributed by atoms with Gasteiger partial charge in [-0.2, -0.15) is 0 Å². The molecule has 0 aromatic heterocycles. The van der Waals surface area contributed by atoms with Crippen molar-refractivity contribution in [2.45, 2.75) is 55.5 Å². The summed E-state index contributed by atoms with van der Waals surface area (Å²) in [7, 11) is -4.26. The maximum Gasteiger partial charge on any atom is 0.264 e. The average Bonchev–Trinajstić information content (AvgIpc) is 3.10. The van der Waals surface area contributed by atoms with Gasteiger partial charge in [-0.15, -0.1) is 11.8 Å². The SMILES string of the molecule is CCCCNC(=O)[C@@H](Cc1ccccc1)N(Cc1ccc(Br)cc1)C(=O)CN(c1ccccc1OCC)S(=O)(=O)c1ccc(SC)cc1. The first kappa shape index (κ1) is 37.0. The molecule has 0 aliphatic rings. The molecule has 2 amide bonds. The number of para-hydroxylation sites is 2. The predicted octanol–water partition coefficient (Wildman–Crippen LogP) is 7.32. The molecule has 254 valence electrons. The number of hydrogen-bond donors (Lipinski definition) is 1. The molecule has 4 aromatic carbocycles. The second-order valence-electron chi connectivity index (χ2n) is 11.1. The summed E-state index contributed by atoms with van der Waals surface area (Å²) in [5.74, 6) is -0.496. The summed E-state index contributed by atoms with van der Waals surface area (Å²) in [4.78, 5) is 31.1. The minimum Gasteiger partial charge on any atom is -0.492 e. The number of hydrogen-bond acceptors (Lipinski definition) is 6. The van der Waals surface area contributed by atoms with Crippen LogP contribution in [-0.4, -0.2) is 57.1 Å². The van der Waals surface area contributed by atoms with Gasteiger partial charge in [0.15, 0.2) is 0 Å². The summed E-state index contributed by atoms with van der Waals surface area (Å²) in [6, 6.07) is 29.5. The molecule has 0 heterocycles. The third kappa shape index (κ3) is 9.87. The molecule has 1 atom stereocenters. The molecule has 0 saturated carbocycles. The zero-order valence-corrected chi connectivity index (χ0v) is 30.7. The van der Waals surface area contributed by atoms with Crippen LogP contribution in [0.1, 0.15) is 37.8 Å². The van der Waals surface area contributed by atoms with Gasteiger partial charge >= 0.3 is 0 Å². The Morgan fingerprint density at radius 2 is 1.54 bits per heavy atom. The Morgan fingerprint density at radius 1 is 0.875 bits per heavy atom. The van der Waals surface area contributed by atoms with Crippen molar-refractivity contribution in [1.29, 1.82) is 0 Å². The number of amides is 2. The van der Waals surface area contributed by atoms with E-state index in [1.54, 1.807) is 48.5 Å². The van der Waals surface area contributed by atoms with Crippen LogP contribution in [0.5, 0.6) is 5.75 Å². The zero-order valence-electron chi connectivity index (χ0n) is 27.5. The van der Waals surface area contributed by atoms with Crippen molar-refractivity contribution >= 4 is 55.2 Å². The summed E-state index contributed by atoms with van der Waals surface area (Å²) < 4.78 is 36.7. The number of unbranched alkanes of at least 4 members (excludes halogenated alkanes) is 1. The number of benzene rings is 4. The third-order valence-corrected chi connectivity index (χ3v) is 10.8. The van der Waals surface area contributed by atoms with Gasteiger partial charge in [0.05, 0.1) is 17.2 Å². The molecule has 4 rings (SSSR count). The highest BCUT2D eigenvalue weighted by molar-refractivity contribution is 9.10. The van der Waals surface area contributed by atoms with Crippen LogP contribution in [0.2, 0.25) is 0 Å². The van der Waals surface area contributed by atoms with E-state index in [4.69, 9.17) is 4.74 Å². The number of sulfonamides is 1. The highest BCUT2D eigenvalue weighted by Gasteiger charge is 2.35. The molecule has 1 N–H and O–H groups in total. The summed E-state index contributed by atoms with van der Waals surface area (Å²) >= 11 is 4.97. The van der Waals surface area contributed by atoms with Crippen LogP contribution in [0.3, 0.4) is 0 Å². The molecule has 0 radical (unpaired) electrons. The molecule has 0 spiro atoms. The minimum absolute atomic E-state index is 0.0389. The van der Waals surface area contributed by atoms with E-state index in [0.717, 1.165) is 37.6 Å². The van der Waals surface area contributed by atoms with Gasteiger partial charge in [0.2, 0.25) is 11.8 Å². The van der Waals surface area contributed by atoms with Crippen LogP contribution in [0.25, 0.3) is 0 Å². The Hall–Kier alpha value is -3.80. The Labute approximate surface area is 297 Å². The molecule has 0 bridgehead atoms. The monoisotopic (exact) mass is 751 g/mol. The smallest absolute Gasteiger partial charge is 0.264 e. The predicted molar refractivity (Wildman–Crippen MR) is 197 cm³/mol. The number of nitrogens with one attached hydrogen (secondary N) is 1. The molecule has 11 heteroatoms. The quantitative estimate of drug-likeness (QED) is 0.0898. The van der Waals surface area contributed by atoms with Crippen LogP contribution >= 0.6 is 27.7 Å². The van der Waals surface area contributed by atoms with Crippen LogP contribution in [0.4, 0.5) is 5.69 Å². The lowest BCUT2D eigenvalue weighted by molar-refractivity contribution is -0.140. The minimum atomic E-state index is -4.26. The fourth-order valence-corrected chi connectivity index (χ4v) is 7.27. The van der Waals surface area contributed by atoms with E-state index >= 15 is 0 Å². The van der Waals surface area contributed by atoms with Gasteiger partial charge in [-0.05, 0) is 79.3 Å².